The van der Waals surface area contributed by atoms with E-state index in [2.05, 4.69) is 32.0 Å². The molecule has 2 aromatic rings. The Morgan fingerprint density at radius 1 is 1.29 bits per heavy atom. The molecule has 1 saturated carbocycles. The van der Waals surface area contributed by atoms with Crippen molar-refractivity contribution in [3.05, 3.63) is 17.9 Å². The molecule has 21 heavy (non-hydrogen) atoms. The highest BCUT2D eigenvalue weighted by Gasteiger charge is 2.26. The molecule has 0 amide bonds. The topological polar surface area (TPSA) is 78.6 Å². The van der Waals surface area contributed by atoms with E-state index < -0.39 is 0 Å². The molecule has 2 unspecified atom stereocenters. The zero-order chi connectivity index (χ0) is 14.7. The molecule has 2 atom stereocenters. The lowest BCUT2D eigenvalue weighted by Gasteiger charge is -2.30. The minimum atomic E-state index is 0.0920. The van der Waals surface area contributed by atoms with Gasteiger partial charge < -0.3 is 4.74 Å². The first-order valence-electron chi connectivity index (χ1n) is 7.19. The predicted octanol–water partition coefficient (Wildman–Crippen LogP) is 2.45. The fourth-order valence-corrected chi connectivity index (χ4v) is 2.87. The summed E-state index contributed by atoms with van der Waals surface area (Å²) in [6, 6.07) is 0.255. The van der Waals surface area contributed by atoms with Gasteiger partial charge in [0.25, 0.3) is 5.95 Å². The fourth-order valence-electron chi connectivity index (χ4n) is 2.72. The molecule has 2 aromatic heterocycles. The Labute approximate surface area is 127 Å². The van der Waals surface area contributed by atoms with E-state index in [0.717, 1.165) is 12.8 Å². The Hall–Kier alpha value is -1.76. The summed E-state index contributed by atoms with van der Waals surface area (Å²) in [7, 11) is 0. The van der Waals surface area contributed by atoms with Gasteiger partial charge in [-0.1, -0.05) is 13.3 Å². The highest BCUT2D eigenvalue weighted by atomic mass is 35.5. The van der Waals surface area contributed by atoms with Gasteiger partial charge in [-0.05, 0) is 43.2 Å². The molecule has 112 valence electrons. The number of halogens is 1. The molecule has 0 radical (unpaired) electrons. The molecule has 0 aliphatic heterocycles. The van der Waals surface area contributed by atoms with Crippen LogP contribution in [-0.4, -0.2) is 35.8 Å². The summed E-state index contributed by atoms with van der Waals surface area (Å²) in [6.07, 6.45) is 8.81. The average Bonchev–Trinajstić information content (AvgIpc) is 3.01. The molecule has 0 spiro atoms. The standard InChI is InChI=1S/C13H17ClN6O/c1-2-9-5-3-4-6-10(9)21-13-18-11(14)17-12(19-13)20-8-15-7-16-20/h7-10H,2-6H2,1H3. The lowest BCUT2D eigenvalue weighted by Crippen LogP contribution is -2.30. The first kappa shape index (κ1) is 14.2. The van der Waals surface area contributed by atoms with Gasteiger partial charge in [0.05, 0.1) is 0 Å². The lowest BCUT2D eigenvalue weighted by molar-refractivity contribution is 0.0806. The van der Waals surface area contributed by atoms with Crippen LogP contribution < -0.4 is 4.74 Å². The van der Waals surface area contributed by atoms with Gasteiger partial charge in [0, 0.05) is 0 Å². The normalized spacial score (nSPS) is 22.2. The molecular formula is C13H17ClN6O. The molecule has 1 aliphatic carbocycles. The van der Waals surface area contributed by atoms with Crippen molar-refractivity contribution >= 4 is 11.6 Å². The number of aromatic nitrogens is 6. The van der Waals surface area contributed by atoms with Crippen LogP contribution in [-0.2, 0) is 0 Å². The van der Waals surface area contributed by atoms with Crippen molar-refractivity contribution in [2.24, 2.45) is 5.92 Å². The second kappa shape index (κ2) is 6.34. The van der Waals surface area contributed by atoms with E-state index in [0.29, 0.717) is 11.9 Å². The first-order valence-corrected chi connectivity index (χ1v) is 7.57. The Bertz CT molecular complexity index is 590. The summed E-state index contributed by atoms with van der Waals surface area (Å²) >= 11 is 5.95. The maximum Gasteiger partial charge on any atom is 0.322 e. The van der Waals surface area contributed by atoms with Crippen LogP contribution in [0.4, 0.5) is 0 Å². The van der Waals surface area contributed by atoms with Crippen molar-refractivity contribution in [3.8, 4) is 12.0 Å². The molecule has 8 heteroatoms. The van der Waals surface area contributed by atoms with Gasteiger partial charge >= 0.3 is 6.01 Å². The minimum Gasteiger partial charge on any atom is -0.460 e. The van der Waals surface area contributed by atoms with Gasteiger partial charge in [-0.25, -0.2) is 4.98 Å². The predicted molar refractivity (Wildman–Crippen MR) is 76.4 cm³/mol. The van der Waals surface area contributed by atoms with Gasteiger partial charge in [0.15, 0.2) is 0 Å². The summed E-state index contributed by atoms with van der Waals surface area (Å²) in [5.74, 6) is 0.857. The smallest absolute Gasteiger partial charge is 0.322 e. The van der Waals surface area contributed by atoms with E-state index >= 15 is 0 Å². The summed E-state index contributed by atoms with van der Waals surface area (Å²) in [4.78, 5) is 16.2. The van der Waals surface area contributed by atoms with Gasteiger partial charge in [0.1, 0.15) is 18.8 Å². The van der Waals surface area contributed by atoms with E-state index in [4.69, 9.17) is 16.3 Å². The molecule has 1 fully saturated rings. The van der Waals surface area contributed by atoms with Gasteiger partial charge in [-0.2, -0.15) is 24.7 Å². The average molecular weight is 309 g/mol. The van der Waals surface area contributed by atoms with Crippen LogP contribution in [0, 0.1) is 5.92 Å². The summed E-state index contributed by atoms with van der Waals surface area (Å²) in [5.41, 5.74) is 0. The van der Waals surface area contributed by atoms with Crippen molar-refractivity contribution in [2.75, 3.05) is 0 Å². The van der Waals surface area contributed by atoms with E-state index in [1.807, 2.05) is 0 Å². The molecule has 3 rings (SSSR count). The van der Waals surface area contributed by atoms with Crippen molar-refractivity contribution in [1.29, 1.82) is 0 Å². The van der Waals surface area contributed by atoms with Crippen molar-refractivity contribution in [3.63, 3.8) is 0 Å². The third-order valence-electron chi connectivity index (χ3n) is 3.82. The SMILES string of the molecule is CCC1CCCCC1Oc1nc(Cl)nc(-n2cncn2)n1. The molecule has 0 N–H and O–H groups in total. The largest absolute Gasteiger partial charge is 0.460 e. The molecule has 7 nitrogen and oxygen atoms in total. The van der Waals surface area contributed by atoms with Crippen LogP contribution >= 0.6 is 11.6 Å². The fraction of sp³-hybridized carbons (Fsp3) is 0.615. The highest BCUT2D eigenvalue weighted by Crippen LogP contribution is 2.29. The summed E-state index contributed by atoms with van der Waals surface area (Å²) in [5, 5.41) is 4.08. The lowest BCUT2D eigenvalue weighted by atomic mass is 9.85. The van der Waals surface area contributed by atoms with E-state index in [9.17, 15) is 0 Å². The van der Waals surface area contributed by atoms with Crippen LogP contribution in [0.15, 0.2) is 12.7 Å². The number of hydrogen-bond acceptors (Lipinski definition) is 6. The number of hydrogen-bond donors (Lipinski definition) is 0. The molecule has 1 aliphatic rings. The van der Waals surface area contributed by atoms with Crippen LogP contribution in [0.1, 0.15) is 39.0 Å². The van der Waals surface area contributed by atoms with Gasteiger partial charge in [-0.15, -0.1) is 0 Å². The second-order valence-electron chi connectivity index (χ2n) is 5.14. The Morgan fingerprint density at radius 3 is 2.90 bits per heavy atom. The monoisotopic (exact) mass is 308 g/mol. The van der Waals surface area contributed by atoms with Crippen molar-refractivity contribution in [2.45, 2.75) is 45.1 Å². The van der Waals surface area contributed by atoms with Crippen molar-refractivity contribution < 1.29 is 4.74 Å². The Morgan fingerprint density at radius 2 is 2.14 bits per heavy atom. The van der Waals surface area contributed by atoms with Crippen LogP contribution in [0.3, 0.4) is 0 Å². The molecular weight excluding hydrogens is 292 g/mol. The summed E-state index contributed by atoms with van der Waals surface area (Å²) in [6.45, 7) is 2.19. The third kappa shape index (κ3) is 3.29. The third-order valence-corrected chi connectivity index (χ3v) is 3.99. The van der Waals surface area contributed by atoms with Crippen LogP contribution in [0.5, 0.6) is 6.01 Å². The van der Waals surface area contributed by atoms with Crippen molar-refractivity contribution in [1.82, 2.24) is 29.7 Å². The first-order chi connectivity index (χ1) is 10.3. The van der Waals surface area contributed by atoms with Crippen LogP contribution in [0.25, 0.3) is 5.95 Å². The molecule has 2 heterocycles. The van der Waals surface area contributed by atoms with Gasteiger partial charge in [-0.3, -0.25) is 0 Å². The number of rotatable bonds is 4. The zero-order valence-corrected chi connectivity index (χ0v) is 12.6. The zero-order valence-electron chi connectivity index (χ0n) is 11.8. The second-order valence-corrected chi connectivity index (χ2v) is 5.47. The van der Waals surface area contributed by atoms with E-state index in [-0.39, 0.29) is 17.4 Å². The minimum absolute atomic E-state index is 0.0920. The number of nitrogens with zero attached hydrogens (tertiary/aromatic N) is 6. The maximum atomic E-state index is 5.97. The molecule has 0 saturated heterocycles. The maximum absolute atomic E-state index is 5.97. The highest BCUT2D eigenvalue weighted by molar-refractivity contribution is 6.28. The molecule has 0 aromatic carbocycles. The Kier molecular flexibility index (Phi) is 4.28. The molecule has 0 bridgehead atoms. The quantitative estimate of drug-likeness (QED) is 0.863. The summed E-state index contributed by atoms with van der Waals surface area (Å²) < 4.78 is 7.40. The van der Waals surface area contributed by atoms with Gasteiger partial charge in [0.2, 0.25) is 5.28 Å². The van der Waals surface area contributed by atoms with Crippen LogP contribution in [0.2, 0.25) is 5.28 Å². The Balaban J connectivity index is 1.82. The number of ether oxygens (including phenoxy) is 1. The van der Waals surface area contributed by atoms with E-state index in [1.165, 1.54) is 36.6 Å². The van der Waals surface area contributed by atoms with E-state index in [1.54, 1.807) is 0 Å².